The fraction of sp³-hybridized carbons (Fsp3) is 0.500. The van der Waals surface area contributed by atoms with E-state index in [2.05, 4.69) is 5.32 Å². The van der Waals surface area contributed by atoms with Gasteiger partial charge in [-0.1, -0.05) is 18.2 Å². The van der Waals surface area contributed by atoms with Crippen molar-refractivity contribution in [3.63, 3.8) is 0 Å². The van der Waals surface area contributed by atoms with Gasteiger partial charge in [0.05, 0.1) is 0 Å². The van der Waals surface area contributed by atoms with Crippen molar-refractivity contribution < 1.29 is 14.7 Å². The Morgan fingerprint density at radius 3 is 2.81 bits per heavy atom. The van der Waals surface area contributed by atoms with Gasteiger partial charge in [-0.15, -0.1) is 0 Å². The smallest absolute Gasteiger partial charge is 0.326 e. The summed E-state index contributed by atoms with van der Waals surface area (Å²) in [6, 6.07) is 6.77. The highest BCUT2D eigenvalue weighted by Gasteiger charge is 2.32. The molecule has 1 aromatic carbocycles. The van der Waals surface area contributed by atoms with E-state index in [0.29, 0.717) is 18.5 Å². The number of carbonyl (C=O) groups is 2. The number of piperidine rings is 1. The number of aliphatic carboxylic acids is 1. The van der Waals surface area contributed by atoms with Crippen molar-refractivity contribution in [3.05, 3.63) is 35.4 Å². The Morgan fingerprint density at radius 1 is 1.33 bits per heavy atom. The number of amides is 1. The van der Waals surface area contributed by atoms with Gasteiger partial charge in [0.15, 0.2) is 0 Å². The van der Waals surface area contributed by atoms with Crippen molar-refractivity contribution >= 4 is 11.9 Å². The molecule has 1 unspecified atom stereocenters. The Labute approximate surface area is 125 Å². The van der Waals surface area contributed by atoms with Crippen LogP contribution < -0.4 is 5.32 Å². The van der Waals surface area contributed by atoms with Crippen LogP contribution in [-0.4, -0.2) is 48.1 Å². The van der Waals surface area contributed by atoms with E-state index in [1.807, 2.05) is 25.2 Å². The molecule has 0 aliphatic carbocycles. The standard InChI is InChI=1S/C16H22N2O3/c1-17-10-9-12-6-2-3-7-13(12)15(19)18-11-5-4-8-14(18)16(20)21/h2-3,6-7,14,17H,4-5,8-11H2,1H3,(H,20,21). The van der Waals surface area contributed by atoms with Crippen LogP contribution in [-0.2, 0) is 11.2 Å². The van der Waals surface area contributed by atoms with Crippen molar-refractivity contribution in [1.29, 1.82) is 0 Å². The quantitative estimate of drug-likeness (QED) is 0.863. The van der Waals surface area contributed by atoms with E-state index in [0.717, 1.165) is 31.4 Å². The van der Waals surface area contributed by atoms with Crippen molar-refractivity contribution in [2.45, 2.75) is 31.7 Å². The van der Waals surface area contributed by atoms with Crippen LogP contribution in [0.15, 0.2) is 24.3 Å². The van der Waals surface area contributed by atoms with Gasteiger partial charge in [0.2, 0.25) is 0 Å². The van der Waals surface area contributed by atoms with Gasteiger partial charge in [-0.25, -0.2) is 4.79 Å². The van der Waals surface area contributed by atoms with Crippen LogP contribution in [0, 0.1) is 0 Å². The third-order valence-corrected chi connectivity index (χ3v) is 3.94. The molecule has 1 fully saturated rings. The first-order valence-electron chi connectivity index (χ1n) is 7.41. The van der Waals surface area contributed by atoms with Gasteiger partial charge >= 0.3 is 5.97 Å². The first kappa shape index (κ1) is 15.5. The average molecular weight is 290 g/mol. The predicted octanol–water partition coefficient (Wildman–Crippen LogP) is 1.53. The fourth-order valence-electron chi connectivity index (χ4n) is 2.79. The normalized spacial score (nSPS) is 18.5. The number of hydrogen-bond acceptors (Lipinski definition) is 3. The van der Waals surface area contributed by atoms with Gasteiger partial charge < -0.3 is 15.3 Å². The molecule has 1 aromatic rings. The summed E-state index contributed by atoms with van der Waals surface area (Å²) in [5.74, 6) is -1.07. The molecule has 1 atom stereocenters. The van der Waals surface area contributed by atoms with Gasteiger partial charge in [-0.3, -0.25) is 4.79 Å². The van der Waals surface area contributed by atoms with Crippen LogP contribution in [0.5, 0.6) is 0 Å². The molecule has 5 heteroatoms. The molecule has 0 saturated carbocycles. The number of rotatable bonds is 5. The molecule has 1 saturated heterocycles. The Morgan fingerprint density at radius 2 is 2.10 bits per heavy atom. The summed E-state index contributed by atoms with van der Waals surface area (Å²) in [7, 11) is 1.87. The van der Waals surface area contributed by atoms with Gasteiger partial charge in [-0.2, -0.15) is 0 Å². The van der Waals surface area contributed by atoms with E-state index in [1.165, 1.54) is 4.90 Å². The highest BCUT2D eigenvalue weighted by atomic mass is 16.4. The Bertz CT molecular complexity index is 516. The lowest BCUT2D eigenvalue weighted by molar-refractivity contribution is -0.143. The van der Waals surface area contributed by atoms with E-state index in [1.54, 1.807) is 6.07 Å². The third-order valence-electron chi connectivity index (χ3n) is 3.94. The van der Waals surface area contributed by atoms with Crippen LogP contribution >= 0.6 is 0 Å². The largest absolute Gasteiger partial charge is 0.480 e. The molecule has 0 spiro atoms. The number of likely N-dealkylation sites (N-methyl/N-ethyl adjacent to an activating group) is 1. The third kappa shape index (κ3) is 3.61. The van der Waals surface area contributed by atoms with Gasteiger partial charge in [0, 0.05) is 12.1 Å². The minimum atomic E-state index is -0.907. The van der Waals surface area contributed by atoms with E-state index in [-0.39, 0.29) is 5.91 Å². The highest BCUT2D eigenvalue weighted by Crippen LogP contribution is 2.21. The zero-order valence-electron chi connectivity index (χ0n) is 12.3. The number of hydrogen-bond donors (Lipinski definition) is 2. The van der Waals surface area contributed by atoms with Crippen LogP contribution in [0.4, 0.5) is 0 Å². The molecule has 1 aliphatic heterocycles. The summed E-state index contributed by atoms with van der Waals surface area (Å²) < 4.78 is 0. The minimum absolute atomic E-state index is 0.159. The SMILES string of the molecule is CNCCc1ccccc1C(=O)N1CCCCC1C(=O)O. The molecule has 1 heterocycles. The Kier molecular flexibility index (Phi) is 5.33. The average Bonchev–Trinajstić information content (AvgIpc) is 2.52. The first-order valence-corrected chi connectivity index (χ1v) is 7.41. The van der Waals surface area contributed by atoms with E-state index in [4.69, 9.17) is 0 Å². The lowest BCUT2D eigenvalue weighted by Crippen LogP contribution is -2.48. The minimum Gasteiger partial charge on any atom is -0.480 e. The maximum Gasteiger partial charge on any atom is 0.326 e. The number of carbonyl (C=O) groups excluding carboxylic acids is 1. The summed E-state index contributed by atoms with van der Waals surface area (Å²) in [6.45, 7) is 1.31. The van der Waals surface area contributed by atoms with Gasteiger partial charge in [0.1, 0.15) is 6.04 Å². The number of nitrogens with one attached hydrogen (secondary N) is 1. The van der Waals surface area contributed by atoms with Crippen molar-refractivity contribution in [2.24, 2.45) is 0 Å². The molecule has 2 rings (SSSR count). The van der Waals surface area contributed by atoms with Crippen molar-refractivity contribution in [1.82, 2.24) is 10.2 Å². The molecule has 2 N–H and O–H groups in total. The van der Waals surface area contributed by atoms with Gasteiger partial charge in [-0.05, 0) is 50.9 Å². The monoisotopic (exact) mass is 290 g/mol. The number of nitrogens with zero attached hydrogens (tertiary/aromatic N) is 1. The number of benzene rings is 1. The topological polar surface area (TPSA) is 69.6 Å². The van der Waals surface area contributed by atoms with Crippen LogP contribution in [0.2, 0.25) is 0 Å². The van der Waals surface area contributed by atoms with Crippen molar-refractivity contribution in [2.75, 3.05) is 20.1 Å². The summed E-state index contributed by atoms with van der Waals surface area (Å²) in [5, 5.41) is 12.4. The molecular weight excluding hydrogens is 268 g/mol. The molecule has 0 aromatic heterocycles. The molecular formula is C16H22N2O3. The highest BCUT2D eigenvalue weighted by molar-refractivity contribution is 5.98. The zero-order chi connectivity index (χ0) is 15.2. The first-order chi connectivity index (χ1) is 10.1. The summed E-state index contributed by atoms with van der Waals surface area (Å²) >= 11 is 0. The maximum absolute atomic E-state index is 12.7. The summed E-state index contributed by atoms with van der Waals surface area (Å²) in [6.07, 6.45) is 3.03. The molecule has 0 radical (unpaired) electrons. The predicted molar refractivity (Wildman–Crippen MR) is 80.4 cm³/mol. The second-order valence-corrected chi connectivity index (χ2v) is 5.36. The molecule has 21 heavy (non-hydrogen) atoms. The molecule has 1 amide bonds. The van der Waals surface area contributed by atoms with Crippen LogP contribution in [0.1, 0.15) is 35.2 Å². The molecule has 5 nitrogen and oxygen atoms in total. The molecule has 114 valence electrons. The number of carboxylic acid groups (broad SMARTS) is 1. The maximum atomic E-state index is 12.7. The van der Waals surface area contributed by atoms with Gasteiger partial charge in [0.25, 0.3) is 5.91 Å². The fourth-order valence-corrected chi connectivity index (χ4v) is 2.79. The number of likely N-dealkylation sites (tertiary alicyclic amines) is 1. The lowest BCUT2D eigenvalue weighted by atomic mass is 9.98. The Balaban J connectivity index is 2.24. The van der Waals surface area contributed by atoms with Crippen LogP contribution in [0.25, 0.3) is 0 Å². The summed E-state index contributed by atoms with van der Waals surface area (Å²) in [5.41, 5.74) is 1.59. The lowest BCUT2D eigenvalue weighted by Gasteiger charge is -2.33. The van der Waals surface area contributed by atoms with E-state index >= 15 is 0 Å². The van der Waals surface area contributed by atoms with E-state index in [9.17, 15) is 14.7 Å². The second-order valence-electron chi connectivity index (χ2n) is 5.36. The second kappa shape index (κ2) is 7.22. The van der Waals surface area contributed by atoms with E-state index < -0.39 is 12.0 Å². The number of carboxylic acids is 1. The summed E-state index contributed by atoms with van der Waals surface area (Å²) in [4.78, 5) is 25.6. The molecule has 0 bridgehead atoms. The molecule has 1 aliphatic rings. The van der Waals surface area contributed by atoms with Crippen molar-refractivity contribution in [3.8, 4) is 0 Å². The van der Waals surface area contributed by atoms with Crippen LogP contribution in [0.3, 0.4) is 0 Å². The zero-order valence-corrected chi connectivity index (χ0v) is 12.3. The Hall–Kier alpha value is -1.88.